The van der Waals surface area contributed by atoms with E-state index in [0.29, 0.717) is 6.42 Å². The van der Waals surface area contributed by atoms with Crippen LogP contribution in [0.1, 0.15) is 12.0 Å². The number of benzene rings is 1. The van der Waals surface area contributed by atoms with E-state index in [-0.39, 0.29) is 13.1 Å². The van der Waals surface area contributed by atoms with Crippen LogP contribution in [0.25, 0.3) is 16.6 Å². The molecule has 8 heteroatoms. The third-order valence-corrected chi connectivity index (χ3v) is 6.64. The molecule has 2 aromatic heterocycles. The SMILES string of the molecule is Cn1cc(C2=CCN(S(=O)(=O)c3cc(F)ccc3F)CC2)c2cccnc21. The zero-order valence-corrected chi connectivity index (χ0v) is 15.4. The number of rotatable bonds is 3. The van der Waals surface area contributed by atoms with Crippen LogP contribution in [0.3, 0.4) is 0 Å². The molecule has 0 fully saturated rings. The first-order valence-electron chi connectivity index (χ1n) is 8.42. The summed E-state index contributed by atoms with van der Waals surface area (Å²) >= 11 is 0. The lowest BCUT2D eigenvalue weighted by molar-refractivity contribution is 0.435. The van der Waals surface area contributed by atoms with Gasteiger partial charge in [-0.05, 0) is 42.3 Å². The summed E-state index contributed by atoms with van der Waals surface area (Å²) < 4.78 is 55.8. The molecule has 0 saturated carbocycles. The van der Waals surface area contributed by atoms with Gasteiger partial charge in [-0.1, -0.05) is 6.08 Å². The molecular formula is C19H17F2N3O2S. The molecule has 0 aliphatic carbocycles. The fraction of sp³-hybridized carbons (Fsp3) is 0.211. The number of aromatic nitrogens is 2. The van der Waals surface area contributed by atoms with Crippen molar-refractivity contribution >= 4 is 26.6 Å². The summed E-state index contributed by atoms with van der Waals surface area (Å²) in [4.78, 5) is 3.73. The molecule has 1 aliphatic heterocycles. The van der Waals surface area contributed by atoms with E-state index in [0.717, 1.165) is 44.7 Å². The number of hydrogen-bond donors (Lipinski definition) is 0. The Morgan fingerprint density at radius 3 is 2.74 bits per heavy atom. The second-order valence-electron chi connectivity index (χ2n) is 6.45. The van der Waals surface area contributed by atoms with E-state index in [4.69, 9.17) is 0 Å². The quantitative estimate of drug-likeness (QED) is 0.691. The highest BCUT2D eigenvalue weighted by molar-refractivity contribution is 7.89. The normalized spacial score (nSPS) is 15.9. The molecule has 1 aromatic carbocycles. The van der Waals surface area contributed by atoms with Gasteiger partial charge in [0.1, 0.15) is 22.2 Å². The van der Waals surface area contributed by atoms with Crippen molar-refractivity contribution < 1.29 is 17.2 Å². The second-order valence-corrected chi connectivity index (χ2v) is 8.35. The summed E-state index contributed by atoms with van der Waals surface area (Å²) in [6.45, 7) is 0.297. The highest BCUT2D eigenvalue weighted by Gasteiger charge is 2.29. The van der Waals surface area contributed by atoms with E-state index in [1.54, 1.807) is 6.20 Å². The number of fused-ring (bicyclic) bond motifs is 1. The van der Waals surface area contributed by atoms with E-state index in [1.165, 1.54) is 0 Å². The summed E-state index contributed by atoms with van der Waals surface area (Å²) in [7, 11) is -2.19. The van der Waals surface area contributed by atoms with Crippen molar-refractivity contribution in [3.63, 3.8) is 0 Å². The van der Waals surface area contributed by atoms with Crippen molar-refractivity contribution in [2.75, 3.05) is 13.1 Å². The van der Waals surface area contributed by atoms with Gasteiger partial charge >= 0.3 is 0 Å². The van der Waals surface area contributed by atoms with Crippen molar-refractivity contribution in [1.82, 2.24) is 13.9 Å². The number of halogens is 2. The molecule has 0 atom stereocenters. The maximum absolute atomic E-state index is 13.9. The Bertz CT molecular complexity index is 1170. The van der Waals surface area contributed by atoms with Gasteiger partial charge < -0.3 is 4.57 Å². The lowest BCUT2D eigenvalue weighted by atomic mass is 10.0. The fourth-order valence-corrected chi connectivity index (χ4v) is 4.85. The van der Waals surface area contributed by atoms with Crippen molar-refractivity contribution in [2.45, 2.75) is 11.3 Å². The predicted molar refractivity (Wildman–Crippen MR) is 98.4 cm³/mol. The second kappa shape index (κ2) is 6.54. The van der Waals surface area contributed by atoms with Crippen LogP contribution in [-0.4, -0.2) is 35.4 Å². The minimum absolute atomic E-state index is 0.101. The minimum Gasteiger partial charge on any atom is -0.335 e. The number of hydrogen-bond acceptors (Lipinski definition) is 3. The Hall–Kier alpha value is -2.58. The largest absolute Gasteiger partial charge is 0.335 e. The number of aryl methyl sites for hydroxylation is 1. The molecule has 0 spiro atoms. The highest BCUT2D eigenvalue weighted by Crippen LogP contribution is 2.31. The molecule has 0 amide bonds. The van der Waals surface area contributed by atoms with Gasteiger partial charge in [0.2, 0.25) is 10.0 Å². The molecule has 4 rings (SSSR count). The molecule has 1 aliphatic rings. The van der Waals surface area contributed by atoms with Gasteiger partial charge in [0, 0.05) is 43.5 Å². The average Bonchev–Trinajstić information content (AvgIpc) is 3.01. The smallest absolute Gasteiger partial charge is 0.246 e. The molecular weight excluding hydrogens is 372 g/mol. The Labute approximate surface area is 155 Å². The van der Waals surface area contributed by atoms with Crippen LogP contribution in [0, 0.1) is 11.6 Å². The van der Waals surface area contributed by atoms with Gasteiger partial charge in [-0.25, -0.2) is 22.2 Å². The van der Waals surface area contributed by atoms with Crippen LogP contribution in [0.5, 0.6) is 0 Å². The Balaban J connectivity index is 1.66. The lowest BCUT2D eigenvalue weighted by Gasteiger charge is -2.26. The van der Waals surface area contributed by atoms with E-state index >= 15 is 0 Å². The zero-order chi connectivity index (χ0) is 19.2. The predicted octanol–water partition coefficient (Wildman–Crippen LogP) is 3.33. The summed E-state index contributed by atoms with van der Waals surface area (Å²) in [5.41, 5.74) is 2.87. The Kier molecular flexibility index (Phi) is 4.32. The first kappa shape index (κ1) is 17.8. The van der Waals surface area contributed by atoms with E-state index in [1.807, 2.05) is 36.0 Å². The van der Waals surface area contributed by atoms with Crippen LogP contribution < -0.4 is 0 Å². The van der Waals surface area contributed by atoms with Gasteiger partial charge in [0.25, 0.3) is 0 Å². The summed E-state index contributed by atoms with van der Waals surface area (Å²) in [5.74, 6) is -1.74. The fourth-order valence-electron chi connectivity index (χ4n) is 3.40. The molecule has 27 heavy (non-hydrogen) atoms. The standard InChI is InChI=1S/C19H17F2N3O2S/c1-23-12-16(15-3-2-8-22-19(15)23)13-6-9-24(10-7-13)27(25,26)18-11-14(20)4-5-17(18)21/h2-6,8,11-12H,7,9-10H2,1H3. The Morgan fingerprint density at radius 2 is 2.00 bits per heavy atom. The lowest BCUT2D eigenvalue weighted by Crippen LogP contribution is -2.35. The third kappa shape index (κ3) is 3.04. The summed E-state index contributed by atoms with van der Waals surface area (Å²) in [5, 5.41) is 0.999. The van der Waals surface area contributed by atoms with Crippen molar-refractivity contribution in [3.8, 4) is 0 Å². The van der Waals surface area contributed by atoms with Gasteiger partial charge in [-0.3, -0.25) is 0 Å². The first-order valence-corrected chi connectivity index (χ1v) is 9.86. The molecule has 3 heterocycles. The van der Waals surface area contributed by atoms with Crippen molar-refractivity contribution in [3.05, 3.63) is 66.0 Å². The van der Waals surface area contributed by atoms with Gasteiger partial charge in [-0.15, -0.1) is 0 Å². The summed E-state index contributed by atoms with van der Waals surface area (Å²) in [6.07, 6.45) is 5.99. The number of pyridine rings is 1. The molecule has 5 nitrogen and oxygen atoms in total. The van der Waals surface area contributed by atoms with Crippen molar-refractivity contribution in [2.24, 2.45) is 7.05 Å². The topological polar surface area (TPSA) is 55.2 Å². The van der Waals surface area contributed by atoms with Gasteiger partial charge in [-0.2, -0.15) is 4.31 Å². The van der Waals surface area contributed by atoms with Crippen LogP contribution >= 0.6 is 0 Å². The molecule has 3 aromatic rings. The maximum Gasteiger partial charge on any atom is 0.246 e. The van der Waals surface area contributed by atoms with Gasteiger partial charge in [0.15, 0.2) is 0 Å². The molecule has 0 saturated heterocycles. The van der Waals surface area contributed by atoms with Crippen LogP contribution in [0.2, 0.25) is 0 Å². The average molecular weight is 389 g/mol. The van der Waals surface area contributed by atoms with Crippen molar-refractivity contribution in [1.29, 1.82) is 0 Å². The minimum atomic E-state index is -4.10. The Morgan fingerprint density at radius 1 is 1.19 bits per heavy atom. The van der Waals surface area contributed by atoms with E-state index in [9.17, 15) is 17.2 Å². The van der Waals surface area contributed by atoms with Gasteiger partial charge in [0.05, 0.1) is 0 Å². The molecule has 0 bridgehead atoms. The molecule has 0 unspecified atom stereocenters. The van der Waals surface area contributed by atoms with Crippen LogP contribution in [0.15, 0.2) is 53.7 Å². The first-order chi connectivity index (χ1) is 12.9. The van der Waals surface area contributed by atoms with Crippen LogP contribution in [-0.2, 0) is 17.1 Å². The maximum atomic E-state index is 13.9. The zero-order valence-electron chi connectivity index (χ0n) is 14.6. The molecule has 0 N–H and O–H groups in total. The highest BCUT2D eigenvalue weighted by atomic mass is 32.2. The van der Waals surface area contributed by atoms with E-state index in [2.05, 4.69) is 4.98 Å². The molecule has 140 valence electrons. The summed E-state index contributed by atoms with van der Waals surface area (Å²) in [6, 6.07) is 6.29. The monoisotopic (exact) mass is 389 g/mol. The van der Waals surface area contributed by atoms with E-state index < -0.39 is 26.6 Å². The number of nitrogens with zero attached hydrogens (tertiary/aromatic N) is 3. The third-order valence-electron chi connectivity index (χ3n) is 4.76. The van der Waals surface area contributed by atoms with Crippen LogP contribution in [0.4, 0.5) is 8.78 Å². The molecule has 0 radical (unpaired) electrons. The number of sulfonamides is 1.